The van der Waals surface area contributed by atoms with Gasteiger partial charge in [0.1, 0.15) is 18.0 Å². The third-order valence-corrected chi connectivity index (χ3v) is 4.82. The predicted molar refractivity (Wildman–Crippen MR) is 85.3 cm³/mol. The van der Waals surface area contributed by atoms with Crippen molar-refractivity contribution in [3.8, 4) is 0 Å². The van der Waals surface area contributed by atoms with Crippen LogP contribution >= 0.6 is 0 Å². The third-order valence-electron chi connectivity index (χ3n) is 4.82. The molecule has 3 aliphatic rings. The number of morpholine rings is 1. The van der Waals surface area contributed by atoms with Crippen molar-refractivity contribution in [2.24, 2.45) is 5.92 Å². The average molecular weight is 317 g/mol. The molecule has 1 aromatic rings. The van der Waals surface area contributed by atoms with Gasteiger partial charge >= 0.3 is 0 Å². The Kier molecular flexibility index (Phi) is 4.05. The lowest BCUT2D eigenvalue weighted by Gasteiger charge is -2.42. The highest BCUT2D eigenvalue weighted by Crippen LogP contribution is 2.32. The first-order valence-corrected chi connectivity index (χ1v) is 8.40. The molecule has 23 heavy (non-hydrogen) atoms. The second-order valence-electron chi connectivity index (χ2n) is 6.87. The summed E-state index contributed by atoms with van der Waals surface area (Å²) in [7, 11) is 0. The molecule has 6 heteroatoms. The number of carbonyl (C=O) groups excluding carboxylic acids is 1. The Hall–Kier alpha value is -1.50. The fourth-order valence-electron chi connectivity index (χ4n) is 3.43. The van der Waals surface area contributed by atoms with E-state index in [1.54, 1.807) is 11.1 Å². The fraction of sp³-hybridized carbons (Fsp3) is 0.647. The molecule has 1 spiro atoms. The molecule has 1 aliphatic carbocycles. The monoisotopic (exact) mass is 317 g/mol. The zero-order chi connectivity index (χ0) is 15.7. The van der Waals surface area contributed by atoms with Crippen LogP contribution in [0.4, 0.5) is 5.82 Å². The van der Waals surface area contributed by atoms with E-state index in [4.69, 9.17) is 9.47 Å². The van der Waals surface area contributed by atoms with E-state index in [1.807, 2.05) is 18.2 Å². The Balaban J connectivity index is 1.52. The molecule has 4 rings (SSSR count). The highest BCUT2D eigenvalue weighted by Gasteiger charge is 2.44. The van der Waals surface area contributed by atoms with Gasteiger partial charge in [0.25, 0.3) is 5.91 Å². The van der Waals surface area contributed by atoms with Gasteiger partial charge in [-0.15, -0.1) is 0 Å². The molecule has 0 N–H and O–H groups in total. The van der Waals surface area contributed by atoms with E-state index < -0.39 is 5.60 Å². The molecule has 1 atom stereocenters. The number of anilines is 1. The topological polar surface area (TPSA) is 54.9 Å². The summed E-state index contributed by atoms with van der Waals surface area (Å²) in [6.07, 6.45) is 4.39. The molecule has 2 aliphatic heterocycles. The first-order valence-electron chi connectivity index (χ1n) is 8.40. The Morgan fingerprint density at radius 3 is 3.00 bits per heavy atom. The van der Waals surface area contributed by atoms with Crippen LogP contribution in [0.3, 0.4) is 0 Å². The number of hydrogen-bond donors (Lipinski definition) is 0. The number of carbonyl (C=O) groups is 1. The van der Waals surface area contributed by atoms with Crippen LogP contribution in [-0.2, 0) is 14.3 Å². The van der Waals surface area contributed by atoms with Gasteiger partial charge in [-0.05, 0) is 30.9 Å². The molecule has 1 aromatic heterocycles. The van der Waals surface area contributed by atoms with E-state index in [-0.39, 0.29) is 12.5 Å². The van der Waals surface area contributed by atoms with Gasteiger partial charge in [0.15, 0.2) is 0 Å². The van der Waals surface area contributed by atoms with Crippen molar-refractivity contribution >= 4 is 11.7 Å². The van der Waals surface area contributed by atoms with Crippen molar-refractivity contribution in [3.63, 3.8) is 0 Å². The number of rotatable bonds is 3. The van der Waals surface area contributed by atoms with Crippen LogP contribution in [0.5, 0.6) is 0 Å². The van der Waals surface area contributed by atoms with Crippen LogP contribution in [0.15, 0.2) is 24.4 Å². The minimum atomic E-state index is -0.448. The van der Waals surface area contributed by atoms with Gasteiger partial charge in [-0.2, -0.15) is 0 Å². The zero-order valence-electron chi connectivity index (χ0n) is 13.3. The molecule has 3 heterocycles. The lowest BCUT2D eigenvalue weighted by molar-refractivity contribution is -0.146. The number of hydrogen-bond acceptors (Lipinski definition) is 5. The first-order chi connectivity index (χ1) is 11.2. The summed E-state index contributed by atoms with van der Waals surface area (Å²) in [5, 5.41) is 0. The summed E-state index contributed by atoms with van der Waals surface area (Å²) < 4.78 is 11.8. The van der Waals surface area contributed by atoms with Gasteiger partial charge in [0.2, 0.25) is 0 Å². The van der Waals surface area contributed by atoms with Gasteiger partial charge < -0.3 is 9.47 Å². The molecule has 1 saturated carbocycles. The van der Waals surface area contributed by atoms with Crippen molar-refractivity contribution in [2.45, 2.75) is 18.4 Å². The molecule has 3 fully saturated rings. The highest BCUT2D eigenvalue weighted by molar-refractivity contribution is 5.94. The maximum Gasteiger partial charge on any atom is 0.254 e. The molecular formula is C17H23N3O3. The zero-order valence-corrected chi connectivity index (χ0v) is 13.3. The number of aromatic nitrogens is 1. The summed E-state index contributed by atoms with van der Waals surface area (Å²) in [4.78, 5) is 20.8. The van der Waals surface area contributed by atoms with Crippen LogP contribution in [-0.4, -0.2) is 67.4 Å². The number of nitrogens with zero attached hydrogens (tertiary/aromatic N) is 3. The molecule has 6 nitrogen and oxygen atoms in total. The third kappa shape index (κ3) is 3.39. The number of pyridine rings is 1. The number of ether oxygens (including phenoxy) is 2. The minimum absolute atomic E-state index is 0.0349. The van der Waals surface area contributed by atoms with Crippen LogP contribution in [0.1, 0.15) is 12.8 Å². The van der Waals surface area contributed by atoms with Crippen molar-refractivity contribution < 1.29 is 14.3 Å². The Labute approximate surface area is 136 Å². The van der Waals surface area contributed by atoms with Gasteiger partial charge in [0.05, 0.1) is 19.8 Å². The summed E-state index contributed by atoms with van der Waals surface area (Å²) in [6.45, 7) is 4.74. The van der Waals surface area contributed by atoms with Gasteiger partial charge in [-0.1, -0.05) is 6.07 Å². The van der Waals surface area contributed by atoms with E-state index in [2.05, 4.69) is 9.88 Å². The second-order valence-corrected chi connectivity index (χ2v) is 6.87. The number of amides is 1. The SMILES string of the molecule is O=C1CO[C@@]2(COCCN(CC3CC3)C2)CN1c1ccccn1. The van der Waals surface area contributed by atoms with E-state index in [0.29, 0.717) is 19.0 Å². The van der Waals surface area contributed by atoms with Gasteiger partial charge in [-0.25, -0.2) is 4.98 Å². The first kappa shape index (κ1) is 15.1. The average Bonchev–Trinajstić information content (AvgIpc) is 3.40. The van der Waals surface area contributed by atoms with Crippen molar-refractivity contribution in [1.82, 2.24) is 9.88 Å². The second kappa shape index (κ2) is 6.19. The molecule has 0 bridgehead atoms. The lowest BCUT2D eigenvalue weighted by atomic mass is 10.0. The summed E-state index contributed by atoms with van der Waals surface area (Å²) in [5.41, 5.74) is -0.448. The largest absolute Gasteiger partial charge is 0.377 e. The van der Waals surface area contributed by atoms with Gasteiger partial charge in [-0.3, -0.25) is 14.6 Å². The highest BCUT2D eigenvalue weighted by atomic mass is 16.6. The van der Waals surface area contributed by atoms with Crippen LogP contribution in [0, 0.1) is 5.92 Å². The summed E-state index contributed by atoms with van der Waals surface area (Å²) in [6, 6.07) is 5.63. The molecule has 0 aromatic carbocycles. The van der Waals surface area contributed by atoms with E-state index in [0.717, 1.165) is 32.2 Å². The van der Waals surface area contributed by atoms with E-state index in [1.165, 1.54) is 12.8 Å². The lowest BCUT2D eigenvalue weighted by Crippen LogP contribution is -2.61. The Morgan fingerprint density at radius 2 is 2.22 bits per heavy atom. The molecule has 1 amide bonds. The molecule has 0 unspecified atom stereocenters. The van der Waals surface area contributed by atoms with Crippen LogP contribution in [0.2, 0.25) is 0 Å². The normalized spacial score (nSPS) is 29.7. The molecule has 0 radical (unpaired) electrons. The maximum atomic E-state index is 12.3. The molecule has 2 saturated heterocycles. The quantitative estimate of drug-likeness (QED) is 0.830. The van der Waals surface area contributed by atoms with E-state index in [9.17, 15) is 4.79 Å². The predicted octanol–water partition coefficient (Wildman–Crippen LogP) is 0.926. The molecular weight excluding hydrogens is 294 g/mol. The Morgan fingerprint density at radius 1 is 1.30 bits per heavy atom. The molecule has 124 valence electrons. The van der Waals surface area contributed by atoms with Crippen molar-refractivity contribution in [1.29, 1.82) is 0 Å². The van der Waals surface area contributed by atoms with Crippen molar-refractivity contribution in [2.75, 3.05) is 50.9 Å². The van der Waals surface area contributed by atoms with Crippen LogP contribution in [0.25, 0.3) is 0 Å². The standard InChI is InChI=1S/C17H23N3O3/c21-16-10-23-17(12-20(16)15-3-1-2-6-18-15)11-19(7-8-22-13-17)9-14-4-5-14/h1-3,6,14H,4-5,7-13H2/t17-/m1/s1. The summed E-state index contributed by atoms with van der Waals surface area (Å²) >= 11 is 0. The van der Waals surface area contributed by atoms with Crippen molar-refractivity contribution in [3.05, 3.63) is 24.4 Å². The fourth-order valence-corrected chi connectivity index (χ4v) is 3.43. The smallest absolute Gasteiger partial charge is 0.254 e. The van der Waals surface area contributed by atoms with Gasteiger partial charge in [0, 0.05) is 25.8 Å². The van der Waals surface area contributed by atoms with E-state index >= 15 is 0 Å². The maximum absolute atomic E-state index is 12.3. The minimum Gasteiger partial charge on any atom is -0.377 e. The summed E-state index contributed by atoms with van der Waals surface area (Å²) in [5.74, 6) is 1.49. The Bertz CT molecular complexity index is 563. The van der Waals surface area contributed by atoms with Crippen LogP contribution < -0.4 is 4.90 Å².